The summed E-state index contributed by atoms with van der Waals surface area (Å²) in [5, 5.41) is 10.8. The van der Waals surface area contributed by atoms with Crippen LogP contribution in [0.25, 0.3) is 0 Å². The van der Waals surface area contributed by atoms with Crippen LogP contribution < -0.4 is 11.1 Å². The van der Waals surface area contributed by atoms with Crippen molar-refractivity contribution in [3.8, 4) is 0 Å². The second-order valence-corrected chi connectivity index (χ2v) is 3.47. The summed E-state index contributed by atoms with van der Waals surface area (Å²) in [6.45, 7) is 1.15. The molecule has 0 bridgehead atoms. The zero-order valence-corrected chi connectivity index (χ0v) is 8.53. The van der Waals surface area contributed by atoms with E-state index in [1.165, 1.54) is 12.1 Å². The van der Waals surface area contributed by atoms with Gasteiger partial charge in [-0.2, -0.15) is 0 Å². The van der Waals surface area contributed by atoms with E-state index in [4.69, 9.17) is 10.8 Å². The van der Waals surface area contributed by atoms with Crippen LogP contribution in [0, 0.1) is 5.82 Å². The van der Waals surface area contributed by atoms with Gasteiger partial charge in [0.25, 0.3) is 5.91 Å². The molecule has 0 aliphatic carbocycles. The fourth-order valence-corrected chi connectivity index (χ4v) is 0.963. The van der Waals surface area contributed by atoms with Crippen molar-refractivity contribution in [1.29, 1.82) is 0 Å². The van der Waals surface area contributed by atoms with Crippen LogP contribution in [0.3, 0.4) is 0 Å². The molecule has 1 rings (SSSR count). The molecule has 1 atom stereocenters. The summed E-state index contributed by atoms with van der Waals surface area (Å²) in [6.07, 6.45) is 0. The van der Waals surface area contributed by atoms with Gasteiger partial charge in [-0.1, -0.05) is 0 Å². The molecular formula is C10H11FN2O3. The minimum Gasteiger partial charge on any atom is -0.479 e. The van der Waals surface area contributed by atoms with Crippen molar-refractivity contribution in [3.05, 3.63) is 35.6 Å². The summed E-state index contributed by atoms with van der Waals surface area (Å²) < 4.78 is 12.6. The molecule has 16 heavy (non-hydrogen) atoms. The maximum absolute atomic E-state index is 12.6. The average Bonchev–Trinajstić information content (AvgIpc) is 2.17. The van der Waals surface area contributed by atoms with Crippen LogP contribution >= 0.6 is 0 Å². The molecule has 0 saturated carbocycles. The molecule has 0 fully saturated rings. The van der Waals surface area contributed by atoms with E-state index >= 15 is 0 Å². The van der Waals surface area contributed by atoms with Gasteiger partial charge in [0.15, 0.2) is 5.66 Å². The smallest absolute Gasteiger partial charge is 0.344 e. The van der Waals surface area contributed by atoms with E-state index < -0.39 is 23.4 Å². The number of nitrogens with two attached hydrogens (primary N) is 1. The van der Waals surface area contributed by atoms with Crippen molar-refractivity contribution >= 4 is 11.9 Å². The second kappa shape index (κ2) is 4.28. The van der Waals surface area contributed by atoms with Crippen molar-refractivity contribution in [2.24, 2.45) is 5.73 Å². The van der Waals surface area contributed by atoms with Gasteiger partial charge in [-0.05, 0) is 31.2 Å². The Morgan fingerprint density at radius 2 is 1.88 bits per heavy atom. The summed E-state index contributed by atoms with van der Waals surface area (Å²) in [6, 6.07) is 4.68. The summed E-state index contributed by atoms with van der Waals surface area (Å²) in [4.78, 5) is 22.1. The highest BCUT2D eigenvalue weighted by Crippen LogP contribution is 2.04. The number of carboxylic acids is 1. The average molecular weight is 226 g/mol. The number of carboxylic acid groups (broad SMARTS) is 1. The van der Waals surface area contributed by atoms with Crippen molar-refractivity contribution in [1.82, 2.24) is 5.32 Å². The van der Waals surface area contributed by atoms with Gasteiger partial charge in [-0.25, -0.2) is 9.18 Å². The number of halogens is 1. The van der Waals surface area contributed by atoms with Crippen LogP contribution in [-0.2, 0) is 4.79 Å². The third kappa shape index (κ3) is 2.77. The fourth-order valence-electron chi connectivity index (χ4n) is 0.963. The molecule has 0 radical (unpaired) electrons. The first kappa shape index (κ1) is 12.1. The van der Waals surface area contributed by atoms with Crippen LogP contribution in [0.2, 0.25) is 0 Å². The van der Waals surface area contributed by atoms with E-state index in [0.717, 1.165) is 19.1 Å². The van der Waals surface area contributed by atoms with Gasteiger partial charge in [0.2, 0.25) is 0 Å². The van der Waals surface area contributed by atoms with Gasteiger partial charge in [-0.15, -0.1) is 0 Å². The summed E-state index contributed by atoms with van der Waals surface area (Å²) in [7, 11) is 0. The lowest BCUT2D eigenvalue weighted by Gasteiger charge is -2.20. The minimum atomic E-state index is -1.86. The topological polar surface area (TPSA) is 92.4 Å². The normalized spacial score (nSPS) is 13.9. The van der Waals surface area contributed by atoms with Gasteiger partial charge < -0.3 is 10.4 Å². The zero-order valence-electron chi connectivity index (χ0n) is 8.53. The SMILES string of the molecule is CC(N)(NC(=O)c1ccc(F)cc1)C(=O)O. The van der Waals surface area contributed by atoms with E-state index in [2.05, 4.69) is 5.32 Å². The Balaban J connectivity index is 2.81. The highest BCUT2D eigenvalue weighted by atomic mass is 19.1. The molecule has 4 N–H and O–H groups in total. The second-order valence-electron chi connectivity index (χ2n) is 3.47. The minimum absolute atomic E-state index is 0.138. The molecule has 6 heteroatoms. The summed E-state index contributed by atoms with van der Waals surface area (Å²) in [5.41, 5.74) is 3.60. The Labute approximate surface area is 91.1 Å². The lowest BCUT2D eigenvalue weighted by molar-refractivity contribution is -0.143. The first-order chi connectivity index (χ1) is 7.33. The Kier molecular flexibility index (Phi) is 3.24. The van der Waals surface area contributed by atoms with Crippen molar-refractivity contribution in [2.75, 3.05) is 0 Å². The van der Waals surface area contributed by atoms with Crippen molar-refractivity contribution in [3.63, 3.8) is 0 Å². The van der Waals surface area contributed by atoms with Crippen LogP contribution in [0.15, 0.2) is 24.3 Å². The number of nitrogens with one attached hydrogen (secondary N) is 1. The third-order valence-corrected chi connectivity index (χ3v) is 1.92. The third-order valence-electron chi connectivity index (χ3n) is 1.92. The van der Waals surface area contributed by atoms with E-state index in [-0.39, 0.29) is 5.56 Å². The van der Waals surface area contributed by atoms with Gasteiger partial charge in [0, 0.05) is 5.56 Å². The molecular weight excluding hydrogens is 215 g/mol. The predicted octanol–water partition coefficient (Wildman–Crippen LogP) is 0.315. The lowest BCUT2D eigenvalue weighted by Crippen LogP contribution is -2.59. The van der Waals surface area contributed by atoms with Crippen LogP contribution in [0.4, 0.5) is 4.39 Å². The number of aliphatic carboxylic acids is 1. The molecule has 0 aliphatic heterocycles. The Hall–Kier alpha value is -1.95. The first-order valence-corrected chi connectivity index (χ1v) is 4.43. The highest BCUT2D eigenvalue weighted by Gasteiger charge is 2.30. The fraction of sp³-hybridized carbons (Fsp3) is 0.200. The largest absolute Gasteiger partial charge is 0.479 e. The predicted molar refractivity (Wildman–Crippen MR) is 54.1 cm³/mol. The molecule has 0 aliphatic rings. The van der Waals surface area contributed by atoms with Gasteiger partial charge in [-0.3, -0.25) is 10.5 Å². The summed E-state index contributed by atoms with van der Waals surface area (Å²) in [5.74, 6) is -2.51. The van der Waals surface area contributed by atoms with E-state index in [9.17, 15) is 14.0 Å². The molecule has 1 amide bonds. The Bertz CT molecular complexity index is 415. The number of hydrogen-bond donors (Lipinski definition) is 3. The molecule has 1 aromatic rings. The molecule has 1 unspecified atom stereocenters. The van der Waals surface area contributed by atoms with Crippen LogP contribution in [-0.4, -0.2) is 22.6 Å². The maximum atomic E-state index is 12.6. The first-order valence-electron chi connectivity index (χ1n) is 4.43. The monoisotopic (exact) mass is 226 g/mol. The number of carbonyl (C=O) groups is 2. The number of carbonyl (C=O) groups excluding carboxylic acids is 1. The maximum Gasteiger partial charge on any atom is 0.344 e. The molecule has 0 spiro atoms. The molecule has 0 heterocycles. The standard InChI is InChI=1S/C10H11FN2O3/c1-10(12,9(15)16)13-8(14)6-2-4-7(11)5-3-6/h2-5H,12H2,1H3,(H,13,14)(H,15,16). The van der Waals surface area contributed by atoms with Crippen molar-refractivity contribution < 1.29 is 19.1 Å². The van der Waals surface area contributed by atoms with Gasteiger partial charge in [0.05, 0.1) is 0 Å². The number of benzene rings is 1. The number of hydrogen-bond acceptors (Lipinski definition) is 3. The Morgan fingerprint density at radius 1 is 1.38 bits per heavy atom. The van der Waals surface area contributed by atoms with Crippen molar-refractivity contribution in [2.45, 2.75) is 12.6 Å². The van der Waals surface area contributed by atoms with Gasteiger partial charge >= 0.3 is 5.97 Å². The van der Waals surface area contributed by atoms with Gasteiger partial charge in [0.1, 0.15) is 5.82 Å². The Morgan fingerprint density at radius 3 is 2.31 bits per heavy atom. The zero-order chi connectivity index (χ0) is 12.3. The van der Waals surface area contributed by atoms with Crippen LogP contribution in [0.1, 0.15) is 17.3 Å². The summed E-state index contributed by atoms with van der Waals surface area (Å²) >= 11 is 0. The molecule has 0 saturated heterocycles. The lowest BCUT2D eigenvalue weighted by atomic mass is 10.1. The van der Waals surface area contributed by atoms with E-state index in [1.54, 1.807) is 0 Å². The molecule has 1 aromatic carbocycles. The van der Waals surface area contributed by atoms with E-state index in [0.29, 0.717) is 0 Å². The number of rotatable bonds is 3. The molecule has 0 aromatic heterocycles. The van der Waals surface area contributed by atoms with E-state index in [1.807, 2.05) is 0 Å². The molecule has 5 nitrogen and oxygen atoms in total. The quantitative estimate of drug-likeness (QED) is 0.647. The molecule has 86 valence electrons. The number of amides is 1. The highest BCUT2D eigenvalue weighted by molar-refractivity contribution is 5.97. The van der Waals surface area contributed by atoms with Crippen LogP contribution in [0.5, 0.6) is 0 Å².